The van der Waals surface area contributed by atoms with Crippen LogP contribution in [-0.2, 0) is 0 Å². The van der Waals surface area contributed by atoms with Crippen molar-refractivity contribution in [3.05, 3.63) is 69.7 Å². The molecule has 0 spiro atoms. The van der Waals surface area contributed by atoms with E-state index < -0.39 is 0 Å². The molecule has 19 heavy (non-hydrogen) atoms. The van der Waals surface area contributed by atoms with Crippen LogP contribution in [0.2, 0.25) is 0 Å². The number of aryl methyl sites for hydroxylation is 1. The van der Waals surface area contributed by atoms with Gasteiger partial charge in [-0.25, -0.2) is 0 Å². The molecule has 2 rings (SSSR count). The smallest absolute Gasteiger partial charge is 0.251 e. The maximum atomic E-state index is 12.2. The highest BCUT2D eigenvalue weighted by Crippen LogP contribution is 2.17. The summed E-state index contributed by atoms with van der Waals surface area (Å²) in [6.07, 6.45) is 0. The number of hydrogen-bond acceptors (Lipinski definition) is 1. The molecule has 1 unspecified atom stereocenters. The summed E-state index contributed by atoms with van der Waals surface area (Å²) in [5, 5.41) is 3.01. The zero-order chi connectivity index (χ0) is 13.8. The van der Waals surface area contributed by atoms with Gasteiger partial charge in [0.15, 0.2) is 0 Å². The van der Waals surface area contributed by atoms with Crippen LogP contribution >= 0.6 is 15.9 Å². The van der Waals surface area contributed by atoms with E-state index in [1.165, 1.54) is 0 Å². The van der Waals surface area contributed by atoms with Gasteiger partial charge in [0, 0.05) is 10.0 Å². The molecule has 2 aromatic rings. The van der Waals surface area contributed by atoms with E-state index in [0.717, 1.165) is 15.6 Å². The van der Waals surface area contributed by atoms with Gasteiger partial charge >= 0.3 is 0 Å². The van der Waals surface area contributed by atoms with Crippen LogP contribution in [0.1, 0.15) is 34.5 Å². The van der Waals surface area contributed by atoms with Crippen molar-refractivity contribution in [2.24, 2.45) is 0 Å². The van der Waals surface area contributed by atoms with E-state index >= 15 is 0 Å². The van der Waals surface area contributed by atoms with Gasteiger partial charge in [-0.05, 0) is 43.2 Å². The Hall–Kier alpha value is -1.61. The highest BCUT2D eigenvalue weighted by molar-refractivity contribution is 9.10. The van der Waals surface area contributed by atoms with Crippen molar-refractivity contribution in [3.8, 4) is 0 Å². The van der Waals surface area contributed by atoms with E-state index in [-0.39, 0.29) is 11.9 Å². The lowest BCUT2D eigenvalue weighted by atomic mass is 10.1. The first-order valence-electron chi connectivity index (χ1n) is 6.19. The molecule has 1 N–H and O–H groups in total. The molecule has 0 aliphatic carbocycles. The molecule has 0 saturated carbocycles. The normalized spacial score (nSPS) is 11.9. The predicted molar refractivity (Wildman–Crippen MR) is 81.2 cm³/mol. The van der Waals surface area contributed by atoms with Crippen LogP contribution in [0.5, 0.6) is 0 Å². The van der Waals surface area contributed by atoms with Gasteiger partial charge < -0.3 is 5.32 Å². The Bertz CT molecular complexity index is 560. The molecule has 3 heteroatoms. The van der Waals surface area contributed by atoms with Gasteiger partial charge in [-0.15, -0.1) is 0 Å². The summed E-state index contributed by atoms with van der Waals surface area (Å²) in [6, 6.07) is 15.6. The molecule has 0 aromatic heterocycles. The number of carbonyl (C=O) groups is 1. The third-order valence-electron chi connectivity index (χ3n) is 2.95. The molecular weight excluding hydrogens is 302 g/mol. The predicted octanol–water partition coefficient (Wildman–Crippen LogP) is 4.25. The number of hydrogen-bond donors (Lipinski definition) is 1. The Kier molecular flexibility index (Phi) is 4.38. The second-order valence-electron chi connectivity index (χ2n) is 4.62. The van der Waals surface area contributed by atoms with Crippen LogP contribution in [0, 0.1) is 6.92 Å². The average Bonchev–Trinajstić information content (AvgIpc) is 2.38. The second-order valence-corrected chi connectivity index (χ2v) is 5.54. The van der Waals surface area contributed by atoms with Gasteiger partial charge in [0.05, 0.1) is 6.04 Å². The zero-order valence-electron chi connectivity index (χ0n) is 11.0. The number of nitrogens with one attached hydrogen (secondary N) is 1. The maximum absolute atomic E-state index is 12.2. The van der Waals surface area contributed by atoms with E-state index in [2.05, 4.69) is 21.2 Å². The summed E-state index contributed by atoms with van der Waals surface area (Å²) >= 11 is 3.41. The number of amides is 1. The third kappa shape index (κ3) is 3.67. The van der Waals surface area contributed by atoms with E-state index in [1.807, 2.05) is 62.4 Å². The van der Waals surface area contributed by atoms with Crippen molar-refractivity contribution in [2.75, 3.05) is 0 Å². The first-order chi connectivity index (χ1) is 9.06. The minimum atomic E-state index is -0.0549. The molecule has 0 bridgehead atoms. The second kappa shape index (κ2) is 6.02. The van der Waals surface area contributed by atoms with Gasteiger partial charge in [-0.3, -0.25) is 4.79 Å². The lowest BCUT2D eigenvalue weighted by molar-refractivity contribution is 0.0939. The molecular formula is C16H16BrNO. The third-order valence-corrected chi connectivity index (χ3v) is 3.41. The molecule has 0 fully saturated rings. The summed E-state index contributed by atoms with van der Waals surface area (Å²) in [6.45, 7) is 3.96. The molecule has 2 nitrogen and oxygen atoms in total. The molecule has 0 aliphatic heterocycles. The fraction of sp³-hybridized carbons (Fsp3) is 0.188. The highest BCUT2D eigenvalue weighted by atomic mass is 79.9. The maximum Gasteiger partial charge on any atom is 0.251 e. The summed E-state index contributed by atoms with van der Waals surface area (Å²) in [7, 11) is 0. The Labute approximate surface area is 122 Å². The molecule has 1 atom stereocenters. The molecule has 98 valence electrons. The van der Waals surface area contributed by atoms with Crippen LogP contribution in [0.4, 0.5) is 0 Å². The first kappa shape index (κ1) is 13.8. The molecule has 0 heterocycles. The minimum absolute atomic E-state index is 0.00649. The van der Waals surface area contributed by atoms with Gasteiger partial charge in [0.25, 0.3) is 5.91 Å². The van der Waals surface area contributed by atoms with Gasteiger partial charge in [-0.1, -0.05) is 46.3 Å². The standard InChI is InChI=1S/C16H16BrNO/c1-11-8-14(10-15(17)9-11)16(19)18-12(2)13-6-4-3-5-7-13/h3-10,12H,1-2H3,(H,18,19). The van der Waals surface area contributed by atoms with Gasteiger partial charge in [-0.2, -0.15) is 0 Å². The Morgan fingerprint density at radius 1 is 1.16 bits per heavy atom. The molecule has 0 aliphatic rings. The van der Waals surface area contributed by atoms with Crippen molar-refractivity contribution < 1.29 is 4.79 Å². The van der Waals surface area contributed by atoms with Crippen molar-refractivity contribution in [2.45, 2.75) is 19.9 Å². The highest BCUT2D eigenvalue weighted by Gasteiger charge is 2.11. The summed E-state index contributed by atoms with van der Waals surface area (Å²) in [5.41, 5.74) is 2.84. The quantitative estimate of drug-likeness (QED) is 0.901. The number of carbonyl (C=O) groups excluding carboxylic acids is 1. The largest absolute Gasteiger partial charge is 0.346 e. The van der Waals surface area contributed by atoms with Crippen LogP contribution in [0.3, 0.4) is 0 Å². The summed E-state index contributed by atoms with van der Waals surface area (Å²) < 4.78 is 0.921. The van der Waals surface area contributed by atoms with Crippen molar-refractivity contribution in [1.29, 1.82) is 0 Å². The SMILES string of the molecule is Cc1cc(Br)cc(C(=O)NC(C)c2ccccc2)c1. The Morgan fingerprint density at radius 3 is 2.47 bits per heavy atom. The molecule has 0 radical (unpaired) electrons. The van der Waals surface area contributed by atoms with Gasteiger partial charge in [0.2, 0.25) is 0 Å². The van der Waals surface area contributed by atoms with E-state index in [0.29, 0.717) is 5.56 Å². The lowest BCUT2D eigenvalue weighted by Crippen LogP contribution is -2.26. The summed E-state index contributed by atoms with van der Waals surface area (Å²) in [5.74, 6) is -0.0549. The fourth-order valence-corrected chi connectivity index (χ4v) is 2.58. The van der Waals surface area contributed by atoms with Crippen molar-refractivity contribution in [1.82, 2.24) is 5.32 Å². The number of benzene rings is 2. The number of rotatable bonds is 3. The van der Waals surface area contributed by atoms with Crippen LogP contribution in [0.25, 0.3) is 0 Å². The van der Waals surface area contributed by atoms with E-state index in [4.69, 9.17) is 0 Å². The minimum Gasteiger partial charge on any atom is -0.346 e. The fourth-order valence-electron chi connectivity index (χ4n) is 1.97. The van der Waals surface area contributed by atoms with Crippen molar-refractivity contribution in [3.63, 3.8) is 0 Å². The lowest BCUT2D eigenvalue weighted by Gasteiger charge is -2.14. The Morgan fingerprint density at radius 2 is 1.84 bits per heavy atom. The topological polar surface area (TPSA) is 29.1 Å². The van der Waals surface area contributed by atoms with E-state index in [1.54, 1.807) is 0 Å². The average molecular weight is 318 g/mol. The van der Waals surface area contributed by atoms with Gasteiger partial charge in [0.1, 0.15) is 0 Å². The van der Waals surface area contributed by atoms with Crippen molar-refractivity contribution >= 4 is 21.8 Å². The van der Waals surface area contributed by atoms with Crippen LogP contribution in [-0.4, -0.2) is 5.91 Å². The molecule has 2 aromatic carbocycles. The zero-order valence-corrected chi connectivity index (χ0v) is 12.6. The molecule has 1 amide bonds. The monoisotopic (exact) mass is 317 g/mol. The van der Waals surface area contributed by atoms with Crippen LogP contribution in [0.15, 0.2) is 53.0 Å². The Balaban J connectivity index is 2.13. The van der Waals surface area contributed by atoms with E-state index in [9.17, 15) is 4.79 Å². The first-order valence-corrected chi connectivity index (χ1v) is 6.98. The summed E-state index contributed by atoms with van der Waals surface area (Å²) in [4.78, 5) is 12.2. The molecule has 0 saturated heterocycles. The number of halogens is 1. The van der Waals surface area contributed by atoms with Crippen LogP contribution < -0.4 is 5.32 Å².